The maximum Gasteiger partial charge on any atom is 0.171 e. The van der Waals surface area contributed by atoms with E-state index in [-0.39, 0.29) is 6.54 Å². The molecule has 0 spiro atoms. The van der Waals surface area contributed by atoms with Crippen LogP contribution < -0.4 is 0 Å². The second-order valence-electron chi connectivity index (χ2n) is 3.95. The molecule has 1 unspecified atom stereocenters. The number of aromatic nitrogens is 3. The Bertz CT molecular complexity index is 633. The van der Waals surface area contributed by atoms with E-state index in [2.05, 4.69) is 37.9 Å². The van der Waals surface area contributed by atoms with Gasteiger partial charge in [0.05, 0.1) is 6.54 Å². The lowest BCUT2D eigenvalue weighted by atomic mass is 9.94. The molecular weight excluding hydrogens is 330 g/mol. The Labute approximate surface area is 124 Å². The Kier molecular flexibility index (Phi) is 4.25. The van der Waals surface area contributed by atoms with Gasteiger partial charge in [-0.05, 0) is 19.1 Å². The van der Waals surface area contributed by atoms with E-state index in [9.17, 15) is 5.11 Å². The predicted molar refractivity (Wildman–Crippen MR) is 76.5 cm³/mol. The first-order valence-corrected chi connectivity index (χ1v) is 6.66. The van der Waals surface area contributed by atoms with Gasteiger partial charge in [0.25, 0.3) is 0 Å². The average molecular weight is 341 g/mol. The molecule has 0 aliphatic heterocycles. The average Bonchev–Trinajstić information content (AvgIpc) is 2.81. The molecule has 1 atom stereocenters. The van der Waals surface area contributed by atoms with Gasteiger partial charge in [-0.1, -0.05) is 39.5 Å². The van der Waals surface area contributed by atoms with Crippen molar-refractivity contribution in [3.8, 4) is 11.8 Å². The largest absolute Gasteiger partial charge is 0.372 e. The molecule has 2 aromatic rings. The molecule has 98 valence electrons. The Morgan fingerprint density at radius 1 is 1.53 bits per heavy atom. The van der Waals surface area contributed by atoms with Gasteiger partial charge < -0.3 is 5.11 Å². The minimum Gasteiger partial charge on any atom is -0.372 e. The van der Waals surface area contributed by atoms with Gasteiger partial charge in [0.1, 0.15) is 12.7 Å². The van der Waals surface area contributed by atoms with Crippen LogP contribution in [0.2, 0.25) is 5.02 Å². The van der Waals surface area contributed by atoms with Gasteiger partial charge in [-0.15, -0.1) is 5.92 Å². The van der Waals surface area contributed by atoms with Gasteiger partial charge in [0, 0.05) is 15.1 Å². The number of rotatable bonds is 3. The van der Waals surface area contributed by atoms with Crippen molar-refractivity contribution >= 4 is 27.5 Å². The van der Waals surface area contributed by atoms with Crippen LogP contribution >= 0.6 is 27.5 Å². The van der Waals surface area contributed by atoms with Crippen LogP contribution in [0.15, 0.2) is 35.3 Å². The summed E-state index contributed by atoms with van der Waals surface area (Å²) in [5, 5.41) is 15.2. The number of aliphatic hydroxyl groups is 1. The van der Waals surface area contributed by atoms with E-state index < -0.39 is 5.60 Å². The summed E-state index contributed by atoms with van der Waals surface area (Å²) in [5.74, 6) is 5.52. The lowest BCUT2D eigenvalue weighted by molar-refractivity contribution is 0.0759. The zero-order valence-corrected chi connectivity index (χ0v) is 12.5. The SMILES string of the molecule is CC#CC(O)(Cn1cncn1)c1ccc(Br)cc1Cl. The normalized spacial score (nSPS) is 13.5. The van der Waals surface area contributed by atoms with Crippen LogP contribution in [0.1, 0.15) is 12.5 Å². The van der Waals surface area contributed by atoms with E-state index >= 15 is 0 Å². The molecule has 0 saturated heterocycles. The van der Waals surface area contributed by atoms with E-state index in [1.165, 1.54) is 17.3 Å². The number of halogens is 2. The lowest BCUT2D eigenvalue weighted by Crippen LogP contribution is -2.30. The number of hydrogen-bond acceptors (Lipinski definition) is 3. The summed E-state index contributed by atoms with van der Waals surface area (Å²) in [6, 6.07) is 5.28. The highest BCUT2D eigenvalue weighted by molar-refractivity contribution is 9.10. The highest BCUT2D eigenvalue weighted by Gasteiger charge is 2.30. The van der Waals surface area contributed by atoms with Gasteiger partial charge in [-0.2, -0.15) is 5.10 Å². The molecular formula is C13H11BrClN3O. The smallest absolute Gasteiger partial charge is 0.171 e. The van der Waals surface area contributed by atoms with Crippen molar-refractivity contribution in [2.24, 2.45) is 0 Å². The first-order chi connectivity index (χ1) is 9.05. The Hall–Kier alpha value is -1.35. The lowest BCUT2D eigenvalue weighted by Gasteiger charge is -2.23. The van der Waals surface area contributed by atoms with E-state index in [0.717, 1.165) is 4.47 Å². The minimum atomic E-state index is -1.40. The van der Waals surface area contributed by atoms with E-state index in [4.69, 9.17) is 11.6 Å². The molecule has 0 amide bonds. The molecule has 0 radical (unpaired) electrons. The first-order valence-electron chi connectivity index (χ1n) is 5.49. The molecule has 2 rings (SSSR count). The zero-order valence-electron chi connectivity index (χ0n) is 10.1. The van der Waals surface area contributed by atoms with Crippen molar-refractivity contribution in [2.75, 3.05) is 0 Å². The molecule has 0 aliphatic carbocycles. The molecule has 0 fully saturated rings. The standard InChI is InChI=1S/C13H11BrClN3O/c1-2-5-13(19,7-18-9-16-8-17-18)11-4-3-10(14)6-12(11)15/h3-4,6,8-9,19H,7H2,1H3. The number of nitrogens with zero attached hydrogens (tertiary/aromatic N) is 3. The highest BCUT2D eigenvalue weighted by Crippen LogP contribution is 2.31. The molecule has 1 heterocycles. The maximum atomic E-state index is 10.8. The van der Waals surface area contributed by atoms with Gasteiger partial charge in [-0.25, -0.2) is 9.67 Å². The molecule has 1 aromatic carbocycles. The summed E-state index contributed by atoms with van der Waals surface area (Å²) in [6.45, 7) is 1.83. The van der Waals surface area contributed by atoms with Gasteiger partial charge in [0.2, 0.25) is 0 Å². The molecule has 4 nitrogen and oxygen atoms in total. The second kappa shape index (κ2) is 5.74. The number of benzene rings is 1. The zero-order chi connectivity index (χ0) is 13.9. The van der Waals surface area contributed by atoms with Crippen molar-refractivity contribution < 1.29 is 5.11 Å². The quantitative estimate of drug-likeness (QED) is 0.874. The molecule has 19 heavy (non-hydrogen) atoms. The Morgan fingerprint density at radius 2 is 2.32 bits per heavy atom. The predicted octanol–water partition coefficient (Wildman–Crippen LogP) is 2.61. The monoisotopic (exact) mass is 339 g/mol. The fourth-order valence-corrected chi connectivity index (χ4v) is 2.60. The van der Waals surface area contributed by atoms with E-state index in [1.807, 2.05) is 6.07 Å². The van der Waals surface area contributed by atoms with Crippen molar-refractivity contribution in [3.05, 3.63) is 45.9 Å². The fraction of sp³-hybridized carbons (Fsp3) is 0.231. The third kappa shape index (κ3) is 3.16. The third-order valence-electron chi connectivity index (χ3n) is 2.57. The third-order valence-corrected chi connectivity index (χ3v) is 3.37. The minimum absolute atomic E-state index is 0.162. The van der Waals surface area contributed by atoms with Crippen LogP contribution in [0, 0.1) is 11.8 Å². The fourth-order valence-electron chi connectivity index (χ4n) is 1.77. The summed E-state index contributed by atoms with van der Waals surface area (Å²) >= 11 is 9.52. The Morgan fingerprint density at radius 3 is 2.89 bits per heavy atom. The summed E-state index contributed by atoms with van der Waals surface area (Å²) < 4.78 is 2.36. The van der Waals surface area contributed by atoms with Gasteiger partial charge >= 0.3 is 0 Å². The van der Waals surface area contributed by atoms with Crippen molar-refractivity contribution in [3.63, 3.8) is 0 Å². The summed E-state index contributed by atoms with van der Waals surface area (Å²) in [7, 11) is 0. The van der Waals surface area contributed by atoms with Crippen LogP contribution in [0.25, 0.3) is 0 Å². The van der Waals surface area contributed by atoms with Crippen LogP contribution in [0.3, 0.4) is 0 Å². The van der Waals surface area contributed by atoms with Gasteiger partial charge in [0.15, 0.2) is 5.60 Å². The van der Waals surface area contributed by atoms with Crippen LogP contribution in [0.4, 0.5) is 0 Å². The summed E-state index contributed by atoms with van der Waals surface area (Å²) in [6.07, 6.45) is 2.93. The van der Waals surface area contributed by atoms with Crippen molar-refractivity contribution in [1.82, 2.24) is 14.8 Å². The second-order valence-corrected chi connectivity index (χ2v) is 5.28. The molecule has 0 aliphatic rings. The molecule has 0 saturated carbocycles. The van der Waals surface area contributed by atoms with Gasteiger partial charge in [-0.3, -0.25) is 0 Å². The summed E-state index contributed by atoms with van der Waals surface area (Å²) in [4.78, 5) is 3.85. The van der Waals surface area contributed by atoms with Crippen LogP contribution in [-0.2, 0) is 12.1 Å². The number of hydrogen-bond donors (Lipinski definition) is 1. The molecule has 1 aromatic heterocycles. The van der Waals surface area contributed by atoms with Crippen molar-refractivity contribution in [1.29, 1.82) is 0 Å². The Balaban J connectivity index is 2.45. The topological polar surface area (TPSA) is 50.9 Å². The summed E-state index contributed by atoms with van der Waals surface area (Å²) in [5.41, 5.74) is -0.859. The maximum absolute atomic E-state index is 10.8. The highest BCUT2D eigenvalue weighted by atomic mass is 79.9. The van der Waals surface area contributed by atoms with E-state index in [1.54, 1.807) is 19.1 Å². The van der Waals surface area contributed by atoms with Crippen molar-refractivity contribution in [2.45, 2.75) is 19.1 Å². The molecule has 0 bridgehead atoms. The molecule has 1 N–H and O–H groups in total. The first kappa shape index (κ1) is 14.1. The van der Waals surface area contributed by atoms with Crippen LogP contribution in [-0.4, -0.2) is 19.9 Å². The van der Waals surface area contributed by atoms with Crippen LogP contribution in [0.5, 0.6) is 0 Å². The molecule has 6 heteroatoms. The van der Waals surface area contributed by atoms with E-state index in [0.29, 0.717) is 10.6 Å².